The van der Waals surface area contributed by atoms with E-state index < -0.39 is 0 Å². The van der Waals surface area contributed by atoms with E-state index in [1.807, 2.05) is 0 Å². The van der Waals surface area contributed by atoms with E-state index in [1.165, 1.54) is 76.8 Å². The van der Waals surface area contributed by atoms with Gasteiger partial charge in [0.15, 0.2) is 0 Å². The van der Waals surface area contributed by atoms with Crippen LogP contribution in [0.1, 0.15) is 25.0 Å². The molecule has 0 amide bonds. The molecule has 7 aromatic rings. The summed E-state index contributed by atoms with van der Waals surface area (Å²) in [6.45, 7) is 4.74. The fourth-order valence-corrected chi connectivity index (χ4v) is 6.93. The first kappa shape index (κ1) is 22.3. The Labute approximate surface area is 229 Å². The van der Waals surface area contributed by atoms with Gasteiger partial charge in [-0.15, -0.1) is 0 Å². The Morgan fingerprint density at radius 2 is 0.974 bits per heavy atom. The van der Waals surface area contributed by atoms with Gasteiger partial charge in [-0.2, -0.15) is 0 Å². The van der Waals surface area contributed by atoms with Crippen molar-refractivity contribution in [3.05, 3.63) is 145 Å². The van der Waals surface area contributed by atoms with Crippen LogP contribution in [0.4, 0.5) is 0 Å². The molecule has 0 unspecified atom stereocenters. The van der Waals surface area contributed by atoms with Crippen LogP contribution in [0, 0.1) is 0 Å². The molecule has 1 aliphatic rings. The van der Waals surface area contributed by atoms with E-state index in [4.69, 9.17) is 0 Å². The van der Waals surface area contributed by atoms with Crippen molar-refractivity contribution < 1.29 is 0 Å². The Bertz CT molecular complexity index is 2090. The molecule has 0 spiro atoms. The summed E-state index contributed by atoms with van der Waals surface area (Å²) in [6.07, 6.45) is 0. The van der Waals surface area contributed by atoms with Crippen molar-refractivity contribution in [3.63, 3.8) is 0 Å². The highest BCUT2D eigenvalue weighted by atomic mass is 14.4. The van der Waals surface area contributed by atoms with Crippen molar-refractivity contribution in [2.75, 3.05) is 0 Å². The summed E-state index contributed by atoms with van der Waals surface area (Å²) in [6, 6.07) is 49.4. The van der Waals surface area contributed by atoms with Gasteiger partial charge in [0.25, 0.3) is 0 Å². The van der Waals surface area contributed by atoms with E-state index in [0.717, 1.165) is 0 Å². The highest BCUT2D eigenvalue weighted by molar-refractivity contribution is 6.14. The van der Waals surface area contributed by atoms with E-state index in [9.17, 15) is 0 Å². The number of hydrogen-bond acceptors (Lipinski definition) is 0. The van der Waals surface area contributed by atoms with Gasteiger partial charge < -0.3 is 0 Å². The van der Waals surface area contributed by atoms with Gasteiger partial charge in [-0.05, 0) is 89.0 Å². The van der Waals surface area contributed by atoms with E-state index >= 15 is 0 Å². The smallest absolute Gasteiger partial charge is 0.0159 e. The van der Waals surface area contributed by atoms with Crippen LogP contribution in [-0.2, 0) is 5.41 Å². The third kappa shape index (κ3) is 3.18. The molecular weight excluding hydrogens is 468 g/mol. The minimum atomic E-state index is -0.0501. The van der Waals surface area contributed by atoms with Crippen molar-refractivity contribution in [2.45, 2.75) is 19.3 Å². The molecule has 0 N–H and O–H groups in total. The van der Waals surface area contributed by atoms with Gasteiger partial charge in [-0.3, -0.25) is 0 Å². The van der Waals surface area contributed by atoms with Gasteiger partial charge >= 0.3 is 0 Å². The highest BCUT2D eigenvalue weighted by Gasteiger charge is 2.37. The van der Waals surface area contributed by atoms with Gasteiger partial charge in [-0.1, -0.05) is 135 Å². The zero-order valence-corrected chi connectivity index (χ0v) is 22.2. The molecule has 8 rings (SSSR count). The fourth-order valence-electron chi connectivity index (χ4n) is 6.93. The van der Waals surface area contributed by atoms with Crippen molar-refractivity contribution in [2.24, 2.45) is 0 Å². The first-order chi connectivity index (χ1) is 19.1. The lowest BCUT2D eigenvalue weighted by Crippen LogP contribution is -2.15. The third-order valence-electron chi connectivity index (χ3n) is 8.86. The predicted octanol–water partition coefficient (Wildman–Crippen LogP) is 10.8. The van der Waals surface area contributed by atoms with E-state index in [1.54, 1.807) is 0 Å². The second-order valence-corrected chi connectivity index (χ2v) is 11.3. The lowest BCUT2D eigenvalue weighted by molar-refractivity contribution is 0.661. The van der Waals surface area contributed by atoms with Crippen LogP contribution in [-0.4, -0.2) is 0 Å². The van der Waals surface area contributed by atoms with Gasteiger partial charge in [0.2, 0.25) is 0 Å². The molecule has 0 saturated carbocycles. The first-order valence-corrected chi connectivity index (χ1v) is 13.8. The number of fused-ring (bicyclic) bond motifs is 7. The molecule has 0 bridgehead atoms. The molecule has 0 radical (unpaired) electrons. The van der Waals surface area contributed by atoms with Crippen LogP contribution in [0.15, 0.2) is 133 Å². The molecule has 0 aliphatic heterocycles. The summed E-state index contributed by atoms with van der Waals surface area (Å²) in [5.41, 5.74) is 10.7. The monoisotopic (exact) mass is 496 g/mol. The predicted molar refractivity (Wildman–Crippen MR) is 167 cm³/mol. The number of benzene rings is 7. The van der Waals surface area contributed by atoms with Crippen LogP contribution >= 0.6 is 0 Å². The van der Waals surface area contributed by atoms with Crippen molar-refractivity contribution in [1.82, 2.24) is 0 Å². The maximum atomic E-state index is 2.48. The molecule has 0 heteroatoms. The van der Waals surface area contributed by atoms with Crippen LogP contribution < -0.4 is 0 Å². The summed E-state index contributed by atoms with van der Waals surface area (Å²) in [7, 11) is 0. The maximum absolute atomic E-state index is 2.48. The third-order valence-corrected chi connectivity index (χ3v) is 8.86. The molecule has 0 heterocycles. The van der Waals surface area contributed by atoms with E-state index in [0.29, 0.717) is 0 Å². The normalized spacial score (nSPS) is 13.6. The Morgan fingerprint density at radius 3 is 1.82 bits per heavy atom. The molecule has 0 nitrogen and oxygen atoms in total. The van der Waals surface area contributed by atoms with Crippen LogP contribution in [0.2, 0.25) is 0 Å². The van der Waals surface area contributed by atoms with Crippen molar-refractivity contribution >= 4 is 32.3 Å². The quantitative estimate of drug-likeness (QED) is 0.223. The fraction of sp³-hybridized carbons (Fsp3) is 0.0769. The Kier molecular flexibility index (Phi) is 4.67. The molecule has 0 saturated heterocycles. The van der Waals surface area contributed by atoms with Crippen LogP contribution in [0.3, 0.4) is 0 Å². The first-order valence-electron chi connectivity index (χ1n) is 13.8. The lowest BCUT2D eigenvalue weighted by atomic mass is 9.80. The second kappa shape index (κ2) is 8.16. The summed E-state index contributed by atoms with van der Waals surface area (Å²) < 4.78 is 0. The summed E-state index contributed by atoms with van der Waals surface area (Å²) in [4.78, 5) is 0. The second-order valence-electron chi connectivity index (χ2n) is 11.3. The largest absolute Gasteiger partial charge is 0.0619 e. The average molecular weight is 497 g/mol. The Balaban J connectivity index is 1.41. The minimum absolute atomic E-state index is 0.0501. The highest BCUT2D eigenvalue weighted by Crippen LogP contribution is 2.53. The van der Waals surface area contributed by atoms with Gasteiger partial charge in [0, 0.05) is 5.41 Å². The Hall–Kier alpha value is -4.68. The molecule has 39 heavy (non-hydrogen) atoms. The Morgan fingerprint density at radius 1 is 0.385 bits per heavy atom. The summed E-state index contributed by atoms with van der Waals surface area (Å²) in [5.74, 6) is 0. The van der Waals surface area contributed by atoms with Gasteiger partial charge in [-0.25, -0.2) is 0 Å². The number of hydrogen-bond donors (Lipinski definition) is 0. The minimum Gasteiger partial charge on any atom is -0.0619 e. The molecule has 1 aliphatic carbocycles. The van der Waals surface area contributed by atoms with Gasteiger partial charge in [0.1, 0.15) is 0 Å². The summed E-state index contributed by atoms with van der Waals surface area (Å²) >= 11 is 0. The van der Waals surface area contributed by atoms with Crippen LogP contribution in [0.25, 0.3) is 65.7 Å². The average Bonchev–Trinajstić information content (AvgIpc) is 3.22. The van der Waals surface area contributed by atoms with E-state index in [2.05, 4.69) is 147 Å². The molecular formula is C39H28. The lowest BCUT2D eigenvalue weighted by Gasteiger charge is -2.23. The zero-order valence-electron chi connectivity index (χ0n) is 22.2. The standard InChI is InChI=1S/C39H28/c1-39(2)36-20-8-7-15-34(36)38-33-14-6-5-13-32(33)35(24-37(38)39)31-19-10-17-29-28(16-9-18-30(29)31)27-22-21-25-11-3-4-12-26(25)23-27/h3-24H,1-2H3. The zero-order chi connectivity index (χ0) is 26.1. The molecule has 184 valence electrons. The topological polar surface area (TPSA) is 0 Å². The summed E-state index contributed by atoms with van der Waals surface area (Å²) in [5, 5.41) is 7.78. The SMILES string of the molecule is CC1(C)c2ccccc2-c2c1cc(-c1cccc3c(-c4ccc5ccccc5c4)cccc13)c1ccccc21. The van der Waals surface area contributed by atoms with Crippen molar-refractivity contribution in [3.8, 4) is 33.4 Å². The van der Waals surface area contributed by atoms with Gasteiger partial charge in [0.05, 0.1) is 0 Å². The molecule has 0 atom stereocenters. The maximum Gasteiger partial charge on any atom is 0.0159 e. The molecule has 0 fully saturated rings. The molecule has 7 aromatic carbocycles. The van der Waals surface area contributed by atoms with Crippen LogP contribution in [0.5, 0.6) is 0 Å². The van der Waals surface area contributed by atoms with E-state index in [-0.39, 0.29) is 5.41 Å². The molecule has 0 aromatic heterocycles. The number of rotatable bonds is 2. The van der Waals surface area contributed by atoms with Crippen molar-refractivity contribution in [1.29, 1.82) is 0 Å².